The Morgan fingerprint density at radius 3 is 2.20 bits per heavy atom. The molecule has 0 atom stereocenters. The zero-order valence-electron chi connectivity index (χ0n) is 4.67. The number of halogens is 4. The molecule has 10 heavy (non-hydrogen) atoms. The first kappa shape index (κ1) is 9.29. The molecule has 0 N–H and O–H groups in total. The summed E-state index contributed by atoms with van der Waals surface area (Å²) in [6.07, 6.45) is 0. The maximum atomic E-state index is 5.90. The van der Waals surface area contributed by atoms with E-state index in [2.05, 4.69) is 54.5 Å². The summed E-state index contributed by atoms with van der Waals surface area (Å²) in [6, 6.07) is 3.87. The standard InChI is InChI=1S/C6H2Br2ClI/c7-3-1-2-4(8)6(10)5(3)9/h1-2H. The molecular weight excluding hydrogens is 394 g/mol. The topological polar surface area (TPSA) is 0 Å². The molecule has 0 fully saturated rings. The van der Waals surface area contributed by atoms with Gasteiger partial charge < -0.3 is 0 Å². The van der Waals surface area contributed by atoms with Crippen molar-refractivity contribution in [3.8, 4) is 0 Å². The second-order valence-electron chi connectivity index (χ2n) is 1.66. The van der Waals surface area contributed by atoms with E-state index in [1.165, 1.54) is 0 Å². The highest BCUT2D eigenvalue weighted by Gasteiger charge is 2.04. The summed E-state index contributed by atoms with van der Waals surface area (Å²) in [5.41, 5.74) is 0. The van der Waals surface area contributed by atoms with Crippen LogP contribution in [0.25, 0.3) is 0 Å². The molecular formula is C6H2Br2ClI. The molecule has 0 amide bonds. The molecule has 0 aliphatic rings. The lowest BCUT2D eigenvalue weighted by Gasteiger charge is -1.99. The molecule has 0 aromatic heterocycles. The molecule has 0 heterocycles. The van der Waals surface area contributed by atoms with E-state index < -0.39 is 0 Å². The van der Waals surface area contributed by atoms with Crippen molar-refractivity contribution in [1.82, 2.24) is 0 Å². The smallest absolute Gasteiger partial charge is 0.0692 e. The predicted molar refractivity (Wildman–Crippen MR) is 59.6 cm³/mol. The summed E-state index contributed by atoms with van der Waals surface area (Å²) < 4.78 is 3.00. The van der Waals surface area contributed by atoms with Crippen LogP contribution in [0.2, 0.25) is 5.02 Å². The first-order valence-corrected chi connectivity index (χ1v) is 5.46. The second kappa shape index (κ2) is 3.74. The van der Waals surface area contributed by atoms with E-state index in [0.29, 0.717) is 0 Å². The number of rotatable bonds is 0. The van der Waals surface area contributed by atoms with E-state index in [-0.39, 0.29) is 0 Å². The summed E-state index contributed by atoms with van der Waals surface area (Å²) in [7, 11) is 0. The number of hydrogen-bond donors (Lipinski definition) is 0. The van der Waals surface area contributed by atoms with Crippen LogP contribution >= 0.6 is 66.1 Å². The van der Waals surface area contributed by atoms with Crippen LogP contribution in [0.4, 0.5) is 0 Å². The minimum absolute atomic E-state index is 0.759. The van der Waals surface area contributed by atoms with E-state index in [1.54, 1.807) is 0 Å². The molecule has 0 aliphatic heterocycles. The summed E-state index contributed by atoms with van der Waals surface area (Å²) in [6.45, 7) is 0. The van der Waals surface area contributed by atoms with Crippen LogP contribution in [-0.2, 0) is 0 Å². The molecule has 0 unspecified atom stereocenters. The molecule has 0 nitrogen and oxygen atoms in total. The lowest BCUT2D eigenvalue weighted by Crippen LogP contribution is -1.77. The lowest BCUT2D eigenvalue weighted by molar-refractivity contribution is 1.54. The monoisotopic (exact) mass is 394 g/mol. The van der Waals surface area contributed by atoms with Gasteiger partial charge in [-0.2, -0.15) is 0 Å². The van der Waals surface area contributed by atoms with Crippen molar-refractivity contribution in [2.45, 2.75) is 0 Å². The van der Waals surface area contributed by atoms with E-state index in [1.807, 2.05) is 12.1 Å². The molecule has 0 spiro atoms. The molecule has 0 saturated carbocycles. The Balaban J connectivity index is 3.34. The van der Waals surface area contributed by atoms with Gasteiger partial charge in [-0.1, -0.05) is 11.6 Å². The molecule has 54 valence electrons. The molecule has 1 rings (SSSR count). The van der Waals surface area contributed by atoms with Gasteiger partial charge in [0.25, 0.3) is 0 Å². The summed E-state index contributed by atoms with van der Waals surface area (Å²) in [4.78, 5) is 0. The Kier molecular flexibility index (Phi) is 3.47. The Hall–Kier alpha value is 1.20. The van der Waals surface area contributed by atoms with Gasteiger partial charge in [0.1, 0.15) is 0 Å². The van der Waals surface area contributed by atoms with Gasteiger partial charge in [0, 0.05) is 12.5 Å². The van der Waals surface area contributed by atoms with Crippen LogP contribution < -0.4 is 0 Å². The minimum Gasteiger partial charge on any atom is -0.0819 e. The number of benzene rings is 1. The van der Waals surface area contributed by atoms with E-state index in [9.17, 15) is 0 Å². The van der Waals surface area contributed by atoms with Gasteiger partial charge in [0.2, 0.25) is 0 Å². The molecule has 4 heteroatoms. The van der Waals surface area contributed by atoms with Crippen molar-refractivity contribution in [3.05, 3.63) is 29.7 Å². The Labute approximate surface area is 94.7 Å². The Morgan fingerprint density at radius 2 is 1.70 bits per heavy atom. The third-order valence-corrected chi connectivity index (χ3v) is 5.11. The molecule has 0 aliphatic carbocycles. The maximum absolute atomic E-state index is 5.90. The molecule has 0 radical (unpaired) electrons. The fraction of sp³-hybridized carbons (Fsp3) is 0. The molecule has 0 bridgehead atoms. The zero-order valence-corrected chi connectivity index (χ0v) is 10.8. The molecule has 1 aromatic rings. The Bertz CT molecular complexity index is 235. The minimum atomic E-state index is 0.759. The van der Waals surface area contributed by atoms with Crippen molar-refractivity contribution in [2.75, 3.05) is 0 Å². The van der Waals surface area contributed by atoms with Gasteiger partial charge in [0.15, 0.2) is 0 Å². The fourth-order valence-corrected chi connectivity index (χ4v) is 2.28. The van der Waals surface area contributed by atoms with E-state index in [4.69, 9.17) is 11.6 Å². The van der Waals surface area contributed by atoms with Crippen LogP contribution in [-0.4, -0.2) is 0 Å². The number of hydrogen-bond acceptors (Lipinski definition) is 0. The summed E-state index contributed by atoms with van der Waals surface area (Å²) in [5, 5.41) is 0.759. The second-order valence-corrected chi connectivity index (χ2v) is 4.82. The van der Waals surface area contributed by atoms with Crippen LogP contribution in [0.5, 0.6) is 0 Å². The highest BCUT2D eigenvalue weighted by molar-refractivity contribution is 14.1. The predicted octanol–water partition coefficient (Wildman–Crippen LogP) is 4.47. The Morgan fingerprint density at radius 1 is 1.20 bits per heavy atom. The van der Waals surface area contributed by atoms with Gasteiger partial charge in [-0.25, -0.2) is 0 Å². The average molecular weight is 396 g/mol. The normalized spacial score (nSPS) is 10.0. The molecule has 0 saturated heterocycles. The van der Waals surface area contributed by atoms with Crippen molar-refractivity contribution in [1.29, 1.82) is 0 Å². The van der Waals surface area contributed by atoms with Crippen molar-refractivity contribution >= 4 is 66.1 Å². The van der Waals surface area contributed by atoms with Crippen LogP contribution in [0.1, 0.15) is 0 Å². The lowest BCUT2D eigenvalue weighted by atomic mass is 10.4. The highest BCUT2D eigenvalue weighted by Crippen LogP contribution is 2.32. The van der Waals surface area contributed by atoms with Gasteiger partial charge in [-0.05, 0) is 66.6 Å². The van der Waals surface area contributed by atoms with Crippen LogP contribution in [0.15, 0.2) is 21.1 Å². The highest BCUT2D eigenvalue weighted by atomic mass is 127. The quantitative estimate of drug-likeness (QED) is 0.345. The maximum Gasteiger partial charge on any atom is 0.0692 e. The third kappa shape index (κ3) is 1.87. The first-order chi connectivity index (χ1) is 4.63. The van der Waals surface area contributed by atoms with Crippen molar-refractivity contribution < 1.29 is 0 Å². The average Bonchev–Trinajstić information content (AvgIpc) is 1.93. The van der Waals surface area contributed by atoms with E-state index >= 15 is 0 Å². The first-order valence-electron chi connectivity index (χ1n) is 2.42. The fourth-order valence-electron chi connectivity index (χ4n) is 0.502. The van der Waals surface area contributed by atoms with Gasteiger partial charge in [-0.15, -0.1) is 0 Å². The zero-order chi connectivity index (χ0) is 7.72. The molecule has 1 aromatic carbocycles. The van der Waals surface area contributed by atoms with Gasteiger partial charge in [0.05, 0.1) is 5.02 Å². The van der Waals surface area contributed by atoms with Gasteiger partial charge in [-0.3, -0.25) is 0 Å². The summed E-state index contributed by atoms with van der Waals surface area (Å²) in [5.74, 6) is 0. The van der Waals surface area contributed by atoms with Crippen LogP contribution in [0, 0.1) is 3.57 Å². The van der Waals surface area contributed by atoms with Crippen molar-refractivity contribution in [2.24, 2.45) is 0 Å². The largest absolute Gasteiger partial charge is 0.0819 e. The van der Waals surface area contributed by atoms with Crippen LogP contribution in [0.3, 0.4) is 0 Å². The van der Waals surface area contributed by atoms with E-state index in [0.717, 1.165) is 17.5 Å². The van der Waals surface area contributed by atoms with Crippen molar-refractivity contribution in [3.63, 3.8) is 0 Å². The SMILES string of the molecule is Clc1c(Br)ccc(Br)c1I. The third-order valence-electron chi connectivity index (χ3n) is 0.988. The van der Waals surface area contributed by atoms with Gasteiger partial charge >= 0.3 is 0 Å². The summed E-state index contributed by atoms with van der Waals surface area (Å²) >= 11 is 14.8.